The zero-order chi connectivity index (χ0) is 11.4. The van der Waals surface area contributed by atoms with Gasteiger partial charge in [-0.25, -0.2) is 0 Å². The van der Waals surface area contributed by atoms with Crippen molar-refractivity contribution in [3.63, 3.8) is 0 Å². The maximum Gasteiger partial charge on any atom is 0.142 e. The standard InChI is InChI=1S/C13H20N2O/c1-3-16-13-7-5-4-6-12(13)15(2)11-8-9-14-10-11/h4-7,11,14H,3,8-10H2,1-2H3. The van der Waals surface area contributed by atoms with Crippen LogP contribution in [-0.2, 0) is 0 Å². The summed E-state index contributed by atoms with van der Waals surface area (Å²) in [7, 11) is 2.15. The maximum absolute atomic E-state index is 5.66. The van der Waals surface area contributed by atoms with E-state index in [0.717, 1.165) is 18.8 Å². The Bertz CT molecular complexity index is 334. The van der Waals surface area contributed by atoms with E-state index >= 15 is 0 Å². The van der Waals surface area contributed by atoms with Gasteiger partial charge in [0, 0.05) is 19.6 Å². The Hall–Kier alpha value is -1.22. The summed E-state index contributed by atoms with van der Waals surface area (Å²) in [5, 5.41) is 3.39. The van der Waals surface area contributed by atoms with E-state index in [2.05, 4.69) is 29.4 Å². The average Bonchev–Trinajstić information content (AvgIpc) is 2.83. The van der Waals surface area contributed by atoms with Crippen LogP contribution in [0.25, 0.3) is 0 Å². The van der Waals surface area contributed by atoms with Crippen LogP contribution in [0.2, 0.25) is 0 Å². The highest BCUT2D eigenvalue weighted by Crippen LogP contribution is 2.29. The van der Waals surface area contributed by atoms with Crippen molar-refractivity contribution in [1.82, 2.24) is 5.32 Å². The highest BCUT2D eigenvalue weighted by atomic mass is 16.5. The molecule has 16 heavy (non-hydrogen) atoms. The molecule has 0 saturated carbocycles. The second kappa shape index (κ2) is 5.21. The molecule has 1 atom stereocenters. The van der Waals surface area contributed by atoms with E-state index in [9.17, 15) is 0 Å². The van der Waals surface area contributed by atoms with Gasteiger partial charge in [0.25, 0.3) is 0 Å². The molecular weight excluding hydrogens is 200 g/mol. The topological polar surface area (TPSA) is 24.5 Å². The van der Waals surface area contributed by atoms with Crippen LogP contribution in [0, 0.1) is 0 Å². The Balaban J connectivity index is 2.17. The van der Waals surface area contributed by atoms with Gasteiger partial charge < -0.3 is 15.0 Å². The number of para-hydroxylation sites is 2. The molecule has 0 spiro atoms. The van der Waals surface area contributed by atoms with E-state index in [1.54, 1.807) is 0 Å². The molecule has 1 N–H and O–H groups in total. The number of hydrogen-bond acceptors (Lipinski definition) is 3. The summed E-state index contributed by atoms with van der Waals surface area (Å²) < 4.78 is 5.66. The molecule has 0 aromatic heterocycles. The molecule has 3 nitrogen and oxygen atoms in total. The second-order valence-corrected chi connectivity index (χ2v) is 4.16. The Morgan fingerprint density at radius 1 is 1.44 bits per heavy atom. The van der Waals surface area contributed by atoms with Crippen molar-refractivity contribution in [3.05, 3.63) is 24.3 Å². The second-order valence-electron chi connectivity index (χ2n) is 4.16. The molecule has 1 aromatic rings. The molecule has 2 rings (SSSR count). The zero-order valence-electron chi connectivity index (χ0n) is 10.1. The molecule has 1 fully saturated rings. The first kappa shape index (κ1) is 11.3. The Labute approximate surface area is 97.4 Å². The van der Waals surface area contributed by atoms with Crippen LogP contribution >= 0.6 is 0 Å². The molecule has 0 bridgehead atoms. The first-order valence-corrected chi connectivity index (χ1v) is 5.98. The van der Waals surface area contributed by atoms with Crippen molar-refractivity contribution in [2.24, 2.45) is 0 Å². The lowest BCUT2D eigenvalue weighted by molar-refractivity contribution is 0.340. The number of anilines is 1. The molecular formula is C13H20N2O. The quantitative estimate of drug-likeness (QED) is 0.838. The number of ether oxygens (including phenoxy) is 1. The Morgan fingerprint density at radius 3 is 2.94 bits per heavy atom. The van der Waals surface area contributed by atoms with Crippen molar-refractivity contribution in [2.75, 3.05) is 31.6 Å². The number of benzene rings is 1. The van der Waals surface area contributed by atoms with Crippen LogP contribution in [0.15, 0.2) is 24.3 Å². The lowest BCUT2D eigenvalue weighted by atomic mass is 10.2. The maximum atomic E-state index is 5.66. The van der Waals surface area contributed by atoms with Gasteiger partial charge in [-0.05, 0) is 32.0 Å². The SMILES string of the molecule is CCOc1ccccc1N(C)C1CCNC1. The lowest BCUT2D eigenvalue weighted by Crippen LogP contribution is -2.33. The zero-order valence-corrected chi connectivity index (χ0v) is 10.1. The van der Waals surface area contributed by atoms with Crippen molar-refractivity contribution < 1.29 is 4.74 Å². The number of likely N-dealkylation sites (N-methyl/N-ethyl adjacent to an activating group) is 1. The van der Waals surface area contributed by atoms with Crippen LogP contribution in [0.5, 0.6) is 5.75 Å². The molecule has 1 aromatic carbocycles. The van der Waals surface area contributed by atoms with Gasteiger partial charge in [0.1, 0.15) is 5.75 Å². The summed E-state index contributed by atoms with van der Waals surface area (Å²) in [6, 6.07) is 8.84. The van der Waals surface area contributed by atoms with Crippen molar-refractivity contribution in [3.8, 4) is 5.75 Å². The van der Waals surface area contributed by atoms with E-state index in [-0.39, 0.29) is 0 Å². The summed E-state index contributed by atoms with van der Waals surface area (Å²) in [6.45, 7) is 4.92. The third kappa shape index (κ3) is 2.30. The summed E-state index contributed by atoms with van der Waals surface area (Å²) in [5.74, 6) is 0.986. The van der Waals surface area contributed by atoms with Crippen molar-refractivity contribution in [1.29, 1.82) is 0 Å². The van der Waals surface area contributed by atoms with Crippen LogP contribution in [0.1, 0.15) is 13.3 Å². The molecule has 88 valence electrons. The molecule has 1 unspecified atom stereocenters. The molecule has 1 saturated heterocycles. The number of nitrogens with zero attached hydrogens (tertiary/aromatic N) is 1. The fraction of sp³-hybridized carbons (Fsp3) is 0.538. The molecule has 1 heterocycles. The number of rotatable bonds is 4. The fourth-order valence-electron chi connectivity index (χ4n) is 2.19. The van der Waals surface area contributed by atoms with Gasteiger partial charge in [-0.1, -0.05) is 12.1 Å². The molecule has 3 heteroatoms. The molecule has 0 aliphatic carbocycles. The third-order valence-corrected chi connectivity index (χ3v) is 3.13. The van der Waals surface area contributed by atoms with Gasteiger partial charge in [0.2, 0.25) is 0 Å². The highest BCUT2D eigenvalue weighted by Gasteiger charge is 2.21. The van der Waals surface area contributed by atoms with Gasteiger partial charge in [-0.3, -0.25) is 0 Å². The van der Waals surface area contributed by atoms with E-state index < -0.39 is 0 Å². The fourth-order valence-corrected chi connectivity index (χ4v) is 2.19. The van der Waals surface area contributed by atoms with E-state index in [0.29, 0.717) is 12.6 Å². The van der Waals surface area contributed by atoms with Crippen LogP contribution in [-0.4, -0.2) is 32.8 Å². The van der Waals surface area contributed by atoms with Crippen molar-refractivity contribution in [2.45, 2.75) is 19.4 Å². The summed E-state index contributed by atoms with van der Waals surface area (Å²) in [5.41, 5.74) is 1.19. The van der Waals surface area contributed by atoms with Gasteiger partial charge in [0.15, 0.2) is 0 Å². The van der Waals surface area contributed by atoms with Crippen LogP contribution < -0.4 is 15.0 Å². The normalized spacial score (nSPS) is 19.8. The summed E-state index contributed by atoms with van der Waals surface area (Å²) in [4.78, 5) is 2.32. The van der Waals surface area contributed by atoms with Gasteiger partial charge >= 0.3 is 0 Å². The molecule has 0 radical (unpaired) electrons. The smallest absolute Gasteiger partial charge is 0.142 e. The Kier molecular flexibility index (Phi) is 3.67. The minimum Gasteiger partial charge on any atom is -0.492 e. The molecule has 1 aliphatic rings. The molecule has 0 amide bonds. The lowest BCUT2D eigenvalue weighted by Gasteiger charge is -2.27. The van der Waals surface area contributed by atoms with E-state index in [1.165, 1.54) is 12.1 Å². The van der Waals surface area contributed by atoms with Crippen LogP contribution in [0.3, 0.4) is 0 Å². The predicted octanol–water partition coefficient (Wildman–Crippen LogP) is 1.88. The number of hydrogen-bond donors (Lipinski definition) is 1. The third-order valence-electron chi connectivity index (χ3n) is 3.13. The predicted molar refractivity (Wildman–Crippen MR) is 67.3 cm³/mol. The van der Waals surface area contributed by atoms with Crippen LogP contribution in [0.4, 0.5) is 5.69 Å². The summed E-state index contributed by atoms with van der Waals surface area (Å²) >= 11 is 0. The minimum absolute atomic E-state index is 0.585. The largest absolute Gasteiger partial charge is 0.492 e. The first-order valence-electron chi connectivity index (χ1n) is 5.98. The van der Waals surface area contributed by atoms with Gasteiger partial charge in [-0.2, -0.15) is 0 Å². The van der Waals surface area contributed by atoms with E-state index in [4.69, 9.17) is 4.74 Å². The highest BCUT2D eigenvalue weighted by molar-refractivity contribution is 5.58. The molecule has 1 aliphatic heterocycles. The first-order chi connectivity index (χ1) is 7.83. The Morgan fingerprint density at radius 2 is 2.25 bits per heavy atom. The average molecular weight is 220 g/mol. The summed E-state index contributed by atoms with van der Waals surface area (Å²) in [6.07, 6.45) is 1.21. The number of nitrogens with one attached hydrogen (secondary N) is 1. The van der Waals surface area contributed by atoms with Crippen molar-refractivity contribution >= 4 is 5.69 Å². The van der Waals surface area contributed by atoms with E-state index in [1.807, 2.05) is 19.1 Å². The monoisotopic (exact) mass is 220 g/mol. The van der Waals surface area contributed by atoms with Gasteiger partial charge in [0.05, 0.1) is 12.3 Å². The minimum atomic E-state index is 0.585. The van der Waals surface area contributed by atoms with Gasteiger partial charge in [-0.15, -0.1) is 0 Å².